The van der Waals surface area contributed by atoms with Crippen LogP contribution in [0.1, 0.15) is 34.5 Å². The number of aryl methyl sites for hydroxylation is 3. The van der Waals surface area contributed by atoms with Crippen LogP contribution in [0.4, 0.5) is 0 Å². The number of carbonyl (C=O) groups is 1. The Hall–Kier alpha value is -2.77. The number of amides is 1. The quantitative estimate of drug-likeness (QED) is 0.721. The molecule has 0 aliphatic rings. The molecule has 23 heavy (non-hydrogen) atoms. The first-order chi connectivity index (χ1) is 11.0. The van der Waals surface area contributed by atoms with Gasteiger partial charge in [0.2, 0.25) is 5.82 Å². The Bertz CT molecular complexity index is 864. The Balaban J connectivity index is 1.90. The number of hydrogen-bond acceptors (Lipinski definition) is 5. The fraction of sp³-hybridized carbons (Fsp3) is 0.400. The molecule has 0 atom stereocenters. The summed E-state index contributed by atoms with van der Waals surface area (Å²) >= 11 is 0. The third-order valence-corrected chi connectivity index (χ3v) is 3.61. The molecule has 0 saturated carbocycles. The van der Waals surface area contributed by atoms with Crippen LogP contribution in [0.25, 0.3) is 5.78 Å². The highest BCUT2D eigenvalue weighted by molar-refractivity contribution is 5.90. The SMILES string of the molecule is CCN(Cc1cnn(C)c1)C(=O)c1nc2nc(C)cc(C)n2n1. The van der Waals surface area contributed by atoms with Gasteiger partial charge in [-0.1, -0.05) is 0 Å². The van der Waals surface area contributed by atoms with Gasteiger partial charge in [0.1, 0.15) is 0 Å². The Labute approximate surface area is 133 Å². The molecule has 3 aromatic rings. The van der Waals surface area contributed by atoms with Gasteiger partial charge in [-0.25, -0.2) is 9.50 Å². The monoisotopic (exact) mass is 313 g/mol. The molecule has 3 heterocycles. The minimum atomic E-state index is -0.209. The van der Waals surface area contributed by atoms with E-state index in [0.717, 1.165) is 17.0 Å². The van der Waals surface area contributed by atoms with Crippen LogP contribution in [0.2, 0.25) is 0 Å². The molecule has 0 unspecified atom stereocenters. The van der Waals surface area contributed by atoms with Crippen LogP contribution in [0.3, 0.4) is 0 Å². The van der Waals surface area contributed by atoms with Crippen LogP contribution in [0.5, 0.6) is 0 Å². The van der Waals surface area contributed by atoms with Crippen LogP contribution >= 0.6 is 0 Å². The van der Waals surface area contributed by atoms with Gasteiger partial charge >= 0.3 is 0 Å². The van der Waals surface area contributed by atoms with Crippen molar-refractivity contribution in [2.24, 2.45) is 7.05 Å². The molecular weight excluding hydrogens is 294 g/mol. The van der Waals surface area contributed by atoms with Crippen molar-refractivity contribution in [3.63, 3.8) is 0 Å². The summed E-state index contributed by atoms with van der Waals surface area (Å²) in [5.74, 6) is 0.402. The summed E-state index contributed by atoms with van der Waals surface area (Å²) in [6, 6.07) is 1.91. The minimum absolute atomic E-state index is 0.164. The molecular formula is C15H19N7O. The average Bonchev–Trinajstić information content (AvgIpc) is 3.10. The van der Waals surface area contributed by atoms with Crippen molar-refractivity contribution in [1.82, 2.24) is 34.3 Å². The highest BCUT2D eigenvalue weighted by Gasteiger charge is 2.21. The summed E-state index contributed by atoms with van der Waals surface area (Å²) in [6.45, 7) is 6.78. The van der Waals surface area contributed by atoms with Gasteiger partial charge < -0.3 is 4.90 Å². The maximum absolute atomic E-state index is 12.7. The molecule has 0 aliphatic heterocycles. The molecule has 3 aromatic heterocycles. The molecule has 0 fully saturated rings. The third-order valence-electron chi connectivity index (χ3n) is 3.61. The molecule has 0 aliphatic carbocycles. The second-order valence-electron chi connectivity index (χ2n) is 5.53. The van der Waals surface area contributed by atoms with Gasteiger partial charge in [0.05, 0.1) is 6.20 Å². The van der Waals surface area contributed by atoms with Gasteiger partial charge in [-0.3, -0.25) is 9.48 Å². The summed E-state index contributed by atoms with van der Waals surface area (Å²) < 4.78 is 3.31. The molecule has 3 rings (SSSR count). The van der Waals surface area contributed by atoms with Gasteiger partial charge in [-0.15, -0.1) is 5.10 Å². The van der Waals surface area contributed by atoms with E-state index in [1.807, 2.05) is 40.1 Å². The molecule has 1 amide bonds. The molecule has 0 aromatic carbocycles. The molecule has 0 radical (unpaired) electrons. The van der Waals surface area contributed by atoms with Crippen molar-refractivity contribution in [2.45, 2.75) is 27.3 Å². The van der Waals surface area contributed by atoms with E-state index in [1.54, 1.807) is 20.3 Å². The highest BCUT2D eigenvalue weighted by Crippen LogP contribution is 2.10. The molecule has 0 bridgehead atoms. The lowest BCUT2D eigenvalue weighted by Crippen LogP contribution is -2.31. The predicted octanol–water partition coefficient (Wildman–Crippen LogP) is 1.14. The molecule has 120 valence electrons. The molecule has 8 nitrogen and oxygen atoms in total. The van der Waals surface area contributed by atoms with Crippen LogP contribution in [0, 0.1) is 13.8 Å². The summed E-state index contributed by atoms with van der Waals surface area (Å²) in [5.41, 5.74) is 2.72. The fourth-order valence-corrected chi connectivity index (χ4v) is 2.50. The van der Waals surface area contributed by atoms with Crippen LogP contribution in [0.15, 0.2) is 18.5 Å². The lowest BCUT2D eigenvalue weighted by molar-refractivity contribution is 0.0740. The molecule has 0 spiro atoms. The zero-order chi connectivity index (χ0) is 16.6. The van der Waals surface area contributed by atoms with Crippen molar-refractivity contribution in [2.75, 3.05) is 6.54 Å². The van der Waals surface area contributed by atoms with E-state index in [1.165, 1.54) is 0 Å². The smallest absolute Gasteiger partial charge is 0.293 e. The molecule has 0 saturated heterocycles. The second kappa shape index (κ2) is 5.79. The predicted molar refractivity (Wildman–Crippen MR) is 83.9 cm³/mol. The highest BCUT2D eigenvalue weighted by atomic mass is 16.2. The van der Waals surface area contributed by atoms with Crippen molar-refractivity contribution < 1.29 is 4.79 Å². The normalized spacial score (nSPS) is 11.1. The number of aromatic nitrogens is 6. The first kappa shape index (κ1) is 15.1. The van der Waals surface area contributed by atoms with E-state index in [2.05, 4.69) is 20.2 Å². The maximum atomic E-state index is 12.7. The van der Waals surface area contributed by atoms with E-state index < -0.39 is 0 Å². The number of rotatable bonds is 4. The first-order valence-corrected chi connectivity index (χ1v) is 7.45. The summed E-state index contributed by atoms with van der Waals surface area (Å²) in [4.78, 5) is 23.0. The number of nitrogens with zero attached hydrogens (tertiary/aromatic N) is 7. The standard InChI is InChI=1S/C15H19N7O/c1-5-21(9-12-7-16-20(4)8-12)14(23)13-18-15-17-10(2)6-11(3)22(15)19-13/h6-8H,5,9H2,1-4H3. The van der Waals surface area contributed by atoms with E-state index in [4.69, 9.17) is 0 Å². The number of carbonyl (C=O) groups excluding carboxylic acids is 1. The van der Waals surface area contributed by atoms with Crippen molar-refractivity contribution in [3.05, 3.63) is 41.2 Å². The van der Waals surface area contributed by atoms with E-state index >= 15 is 0 Å². The summed E-state index contributed by atoms with van der Waals surface area (Å²) in [6.07, 6.45) is 3.64. The molecule has 8 heteroatoms. The Morgan fingerprint density at radius 2 is 2.09 bits per heavy atom. The van der Waals surface area contributed by atoms with Gasteiger partial charge in [0.15, 0.2) is 0 Å². The summed E-state index contributed by atoms with van der Waals surface area (Å²) in [7, 11) is 1.85. The van der Waals surface area contributed by atoms with E-state index in [-0.39, 0.29) is 11.7 Å². The molecule has 0 N–H and O–H groups in total. The fourth-order valence-electron chi connectivity index (χ4n) is 2.50. The third kappa shape index (κ3) is 2.92. The Morgan fingerprint density at radius 1 is 1.30 bits per heavy atom. The number of hydrogen-bond donors (Lipinski definition) is 0. The van der Waals surface area contributed by atoms with E-state index in [0.29, 0.717) is 18.9 Å². The van der Waals surface area contributed by atoms with Crippen molar-refractivity contribution in [1.29, 1.82) is 0 Å². The summed E-state index contributed by atoms with van der Waals surface area (Å²) in [5, 5.41) is 8.43. The van der Waals surface area contributed by atoms with Crippen LogP contribution < -0.4 is 0 Å². The topological polar surface area (TPSA) is 81.2 Å². The second-order valence-corrected chi connectivity index (χ2v) is 5.53. The maximum Gasteiger partial charge on any atom is 0.293 e. The van der Waals surface area contributed by atoms with Crippen LogP contribution in [-0.2, 0) is 13.6 Å². The van der Waals surface area contributed by atoms with Gasteiger partial charge in [-0.2, -0.15) is 10.1 Å². The van der Waals surface area contributed by atoms with Gasteiger partial charge in [0.25, 0.3) is 11.7 Å². The lowest BCUT2D eigenvalue weighted by Gasteiger charge is -2.18. The van der Waals surface area contributed by atoms with Crippen molar-refractivity contribution in [3.8, 4) is 0 Å². The van der Waals surface area contributed by atoms with Gasteiger partial charge in [-0.05, 0) is 26.8 Å². The average molecular weight is 313 g/mol. The van der Waals surface area contributed by atoms with Gasteiger partial charge in [0, 0.05) is 43.3 Å². The number of fused-ring (bicyclic) bond motifs is 1. The van der Waals surface area contributed by atoms with Crippen molar-refractivity contribution >= 4 is 11.7 Å². The minimum Gasteiger partial charge on any atom is -0.332 e. The largest absolute Gasteiger partial charge is 0.332 e. The lowest BCUT2D eigenvalue weighted by atomic mass is 10.3. The van der Waals surface area contributed by atoms with E-state index in [9.17, 15) is 4.79 Å². The Morgan fingerprint density at radius 3 is 2.74 bits per heavy atom. The first-order valence-electron chi connectivity index (χ1n) is 7.45. The zero-order valence-electron chi connectivity index (χ0n) is 13.7. The Kier molecular flexibility index (Phi) is 3.81. The zero-order valence-corrected chi connectivity index (χ0v) is 13.7. The van der Waals surface area contributed by atoms with Crippen LogP contribution in [-0.4, -0.2) is 46.7 Å².